The van der Waals surface area contributed by atoms with Crippen LogP contribution >= 0.6 is 46.4 Å². The van der Waals surface area contributed by atoms with Gasteiger partial charge >= 0.3 is 0 Å². The third kappa shape index (κ3) is 29.8. The van der Waals surface area contributed by atoms with Gasteiger partial charge in [0, 0.05) is 93.2 Å². The quantitative estimate of drug-likeness (QED) is 0.0524. The van der Waals surface area contributed by atoms with E-state index in [9.17, 15) is 0 Å². The number of guanidine groups is 10. The Morgan fingerprint density at radius 3 is 1.13 bits per heavy atom. The van der Waals surface area contributed by atoms with Crippen molar-refractivity contribution in [2.45, 2.75) is 138 Å². The topological polar surface area (TPSA) is 278 Å². The van der Waals surface area contributed by atoms with Crippen molar-refractivity contribution in [3.05, 3.63) is 169 Å². The van der Waals surface area contributed by atoms with Crippen molar-refractivity contribution in [3.63, 3.8) is 0 Å². The van der Waals surface area contributed by atoms with Crippen LogP contribution in [0.4, 0.5) is 5.69 Å². The number of hydrogen-bond donors (Lipinski definition) is 12. The molecular formula is C69H99Cl4N25. The summed E-state index contributed by atoms with van der Waals surface area (Å²) >= 11 is 23.5. The van der Waals surface area contributed by atoms with E-state index in [0.29, 0.717) is 38.3 Å². The van der Waals surface area contributed by atoms with E-state index in [1.807, 2.05) is 201 Å². The van der Waals surface area contributed by atoms with Gasteiger partial charge in [0.2, 0.25) is 23.8 Å². The number of aliphatic imine (C=N–C) groups is 10. The Morgan fingerprint density at radius 2 is 0.755 bits per heavy atom. The SMILES string of the molecule is CC(C)NC1=NC(C)NC(=NCCc2ccc(Cl)cc2)N1.CC(C)NC1=NC(C)NC(=NCc2ccc(Cl)cc2)N1.CC1N=C(N(C)C)NC(=NCCc2ccc(Cl)cc2)N1.CC1N=C(N(C)C)NC(=NCc2ccc(Cl)cc2)N1.Cc1cccc(NC2=NC(C)N=C(N(C)C)N2)c1. The molecular weight excluding hydrogens is 1320 g/mol. The summed E-state index contributed by atoms with van der Waals surface area (Å²) in [5, 5.41) is 41.4. The maximum Gasteiger partial charge on any atom is 0.204 e. The number of anilines is 1. The lowest BCUT2D eigenvalue weighted by molar-refractivity contribution is 0.559. The van der Waals surface area contributed by atoms with Crippen molar-refractivity contribution < 1.29 is 0 Å². The minimum Gasteiger partial charge on any atom is -0.354 e. The highest BCUT2D eigenvalue weighted by Gasteiger charge is 2.20. The molecule has 29 heteroatoms. The molecule has 98 heavy (non-hydrogen) atoms. The van der Waals surface area contributed by atoms with Gasteiger partial charge in [0.05, 0.1) is 13.1 Å². The van der Waals surface area contributed by atoms with E-state index in [0.717, 1.165) is 109 Å². The molecule has 5 atom stereocenters. The van der Waals surface area contributed by atoms with Gasteiger partial charge in [-0.2, -0.15) is 0 Å². The zero-order chi connectivity index (χ0) is 71.3. The van der Waals surface area contributed by atoms with Gasteiger partial charge in [-0.05, 0) is 171 Å². The van der Waals surface area contributed by atoms with Crippen LogP contribution in [0.1, 0.15) is 90.1 Å². The Kier molecular flexibility index (Phi) is 31.8. The predicted molar refractivity (Wildman–Crippen MR) is 413 cm³/mol. The van der Waals surface area contributed by atoms with E-state index in [2.05, 4.69) is 160 Å². The maximum absolute atomic E-state index is 5.87. The Hall–Kier alpha value is -9.04. The summed E-state index contributed by atoms with van der Waals surface area (Å²) in [6.45, 7) is 22.9. The molecule has 0 spiro atoms. The molecule has 25 nitrogen and oxygen atoms in total. The standard InChI is InChI=1S/C15H22ClN5.2C14H20ClN5.C13H18ClN5.C13H19N5/c1-10(2)18-15-20-11(3)19-14(21-15)17-9-8-12-4-6-13(16)7-5-12;1-10-17-13(19-14(18-10)20(2)3)16-9-8-11-4-6-12(15)7-5-11;1-9(2)17-14-19-10(3)18-13(20-14)16-8-11-4-6-12(15)7-5-11;1-9-16-12(18-13(17-9)19(2)3)15-8-10-4-6-11(14)7-5-10;1-9-6-5-7-11(8-9)16-12-14-10(2)15-13(17-12)18(3)4/h4-7,10-11H,8-9H2,1-3H3,(H3,17,18,19,20,21);4-7,10H,8-9H2,1-3H3,(H2,16,17,18,19);4-7,9-10H,8H2,1-3H3,(H3,16,17,18,19,20);4-7,9H,8H2,1-3H3,(H2,15,16,17,18);5-8,10H,1-4H3,(H2,14,15,16,17). The van der Waals surface area contributed by atoms with Crippen molar-refractivity contribution in [2.24, 2.45) is 49.9 Å². The van der Waals surface area contributed by atoms with Gasteiger partial charge in [-0.25, -0.2) is 39.9 Å². The molecule has 10 rings (SSSR count). The van der Waals surface area contributed by atoms with Gasteiger partial charge < -0.3 is 51.9 Å². The first-order chi connectivity index (χ1) is 46.7. The molecule has 5 aliphatic rings. The normalized spacial score (nSPS) is 19.9. The first-order valence-corrected chi connectivity index (χ1v) is 34.1. The molecule has 0 radical (unpaired) electrons. The van der Waals surface area contributed by atoms with Crippen molar-refractivity contribution in [1.29, 1.82) is 0 Å². The third-order valence-corrected chi connectivity index (χ3v) is 14.7. The lowest BCUT2D eigenvalue weighted by atomic mass is 10.1. The summed E-state index contributed by atoms with van der Waals surface area (Å²) in [4.78, 5) is 50.4. The summed E-state index contributed by atoms with van der Waals surface area (Å²) in [6.07, 6.45) is 1.75. The highest BCUT2D eigenvalue weighted by molar-refractivity contribution is 6.31. The van der Waals surface area contributed by atoms with Crippen LogP contribution in [0, 0.1) is 6.92 Å². The van der Waals surface area contributed by atoms with E-state index in [1.54, 1.807) is 0 Å². The van der Waals surface area contributed by atoms with Crippen LogP contribution in [0.3, 0.4) is 0 Å². The van der Waals surface area contributed by atoms with E-state index in [1.165, 1.54) is 16.7 Å². The van der Waals surface area contributed by atoms with Crippen LogP contribution in [0.5, 0.6) is 0 Å². The molecule has 0 saturated carbocycles. The van der Waals surface area contributed by atoms with Crippen LogP contribution < -0.4 is 63.8 Å². The fourth-order valence-corrected chi connectivity index (χ4v) is 9.51. The van der Waals surface area contributed by atoms with E-state index in [4.69, 9.17) is 46.4 Å². The van der Waals surface area contributed by atoms with E-state index < -0.39 is 0 Å². The lowest BCUT2D eigenvalue weighted by Gasteiger charge is -2.26. The number of nitrogens with one attached hydrogen (secondary N) is 12. The second kappa shape index (κ2) is 40.0. The largest absolute Gasteiger partial charge is 0.354 e. The zero-order valence-corrected chi connectivity index (χ0v) is 62.2. The van der Waals surface area contributed by atoms with Crippen molar-refractivity contribution >= 4 is 112 Å². The molecule has 0 fully saturated rings. The van der Waals surface area contributed by atoms with Crippen LogP contribution in [-0.2, 0) is 25.9 Å². The number of benzene rings is 5. The average Bonchev–Trinajstić information content (AvgIpc) is 0.963. The van der Waals surface area contributed by atoms with Gasteiger partial charge in [0.1, 0.15) is 30.8 Å². The van der Waals surface area contributed by atoms with Crippen LogP contribution in [-0.4, -0.2) is 173 Å². The average molecular weight is 1420 g/mol. The number of nitrogens with zero attached hydrogens (tertiary/aromatic N) is 13. The Balaban J connectivity index is 0.000000193. The number of hydrogen-bond acceptors (Lipinski definition) is 17. The van der Waals surface area contributed by atoms with Crippen molar-refractivity contribution in [1.82, 2.24) is 73.2 Å². The van der Waals surface area contributed by atoms with Crippen LogP contribution in [0.2, 0.25) is 20.1 Å². The number of halogens is 4. The predicted octanol–water partition coefficient (Wildman–Crippen LogP) is 9.20. The molecule has 0 bridgehead atoms. The molecule has 5 aliphatic heterocycles. The monoisotopic (exact) mass is 1420 g/mol. The van der Waals surface area contributed by atoms with Crippen molar-refractivity contribution in [3.8, 4) is 0 Å². The third-order valence-electron chi connectivity index (χ3n) is 13.7. The second-order valence-corrected chi connectivity index (χ2v) is 26.1. The zero-order valence-electron chi connectivity index (χ0n) is 59.2. The summed E-state index contributed by atoms with van der Waals surface area (Å²) in [5.41, 5.74) is 6.91. The molecule has 12 N–H and O–H groups in total. The first-order valence-electron chi connectivity index (χ1n) is 32.6. The summed E-state index contributed by atoms with van der Waals surface area (Å²) in [7, 11) is 11.7. The molecule has 528 valence electrons. The molecule has 0 amide bonds. The summed E-state index contributed by atoms with van der Waals surface area (Å²) in [5.74, 6) is 7.68. The fourth-order valence-electron chi connectivity index (χ4n) is 9.00. The highest BCUT2D eigenvalue weighted by Crippen LogP contribution is 2.15. The Bertz CT molecular complexity index is 3620. The molecule has 0 saturated heterocycles. The molecule has 5 aromatic rings. The van der Waals surface area contributed by atoms with E-state index in [-0.39, 0.29) is 30.8 Å². The number of rotatable bonds is 13. The summed E-state index contributed by atoms with van der Waals surface area (Å²) < 4.78 is 0. The highest BCUT2D eigenvalue weighted by atomic mass is 35.5. The van der Waals surface area contributed by atoms with Crippen LogP contribution in [0.25, 0.3) is 0 Å². The molecule has 5 heterocycles. The first kappa shape index (κ1) is 78.0. The Labute approximate surface area is 599 Å². The van der Waals surface area contributed by atoms with Crippen molar-refractivity contribution in [2.75, 3.05) is 60.7 Å². The van der Waals surface area contributed by atoms with Gasteiger partial charge in [-0.15, -0.1) is 0 Å². The number of aryl methyl sites for hydroxylation is 1. The van der Waals surface area contributed by atoms with Gasteiger partial charge in [0.15, 0.2) is 35.8 Å². The minimum atomic E-state index is -0.0732. The van der Waals surface area contributed by atoms with Gasteiger partial charge in [-0.3, -0.25) is 36.6 Å². The van der Waals surface area contributed by atoms with Gasteiger partial charge in [-0.1, -0.05) is 107 Å². The molecule has 5 unspecified atom stereocenters. The maximum atomic E-state index is 5.87. The fraction of sp³-hybridized carbons (Fsp3) is 0.420. The lowest BCUT2D eigenvalue weighted by Crippen LogP contribution is -2.55. The molecule has 5 aromatic carbocycles. The summed E-state index contributed by atoms with van der Waals surface area (Å²) in [6, 6.07) is 39.9. The Morgan fingerprint density at radius 1 is 0.408 bits per heavy atom. The van der Waals surface area contributed by atoms with Crippen LogP contribution in [0.15, 0.2) is 171 Å². The van der Waals surface area contributed by atoms with E-state index >= 15 is 0 Å². The van der Waals surface area contributed by atoms with Gasteiger partial charge in [0.25, 0.3) is 0 Å². The molecule has 0 aromatic heterocycles. The minimum absolute atomic E-state index is 0.00136. The second-order valence-electron chi connectivity index (χ2n) is 24.4. The molecule has 0 aliphatic carbocycles. The smallest absolute Gasteiger partial charge is 0.204 e.